The standard InChI is InChI=1S/C17H24N4O2/c1-12(2)20-10-5-4-7-13(20)11-15-18-16-9-6-8-14(17(22)23-3)21(16)19-15/h6,8-9,12-13H,4-5,7,10-11H2,1-3H3. The molecule has 0 radical (unpaired) electrons. The van der Waals surface area contributed by atoms with E-state index >= 15 is 0 Å². The molecule has 3 rings (SSSR count). The molecule has 6 nitrogen and oxygen atoms in total. The van der Waals surface area contributed by atoms with Crippen molar-refractivity contribution in [2.75, 3.05) is 13.7 Å². The summed E-state index contributed by atoms with van der Waals surface area (Å²) < 4.78 is 6.40. The number of nitrogens with zero attached hydrogens (tertiary/aromatic N) is 4. The minimum Gasteiger partial charge on any atom is -0.464 e. The quantitative estimate of drug-likeness (QED) is 0.810. The van der Waals surface area contributed by atoms with Crippen molar-refractivity contribution in [1.29, 1.82) is 0 Å². The summed E-state index contributed by atoms with van der Waals surface area (Å²) in [6.07, 6.45) is 4.52. The number of esters is 1. The third kappa shape index (κ3) is 3.22. The van der Waals surface area contributed by atoms with Crippen molar-refractivity contribution in [3.05, 3.63) is 29.7 Å². The van der Waals surface area contributed by atoms with Crippen LogP contribution < -0.4 is 0 Å². The number of methoxy groups -OCH3 is 1. The van der Waals surface area contributed by atoms with Crippen molar-refractivity contribution in [2.45, 2.75) is 51.6 Å². The summed E-state index contributed by atoms with van der Waals surface area (Å²) in [6.45, 7) is 5.62. The van der Waals surface area contributed by atoms with Crippen LogP contribution in [0.1, 0.15) is 49.4 Å². The lowest BCUT2D eigenvalue weighted by Gasteiger charge is -2.38. The van der Waals surface area contributed by atoms with Gasteiger partial charge in [0.2, 0.25) is 0 Å². The van der Waals surface area contributed by atoms with Gasteiger partial charge in [-0.2, -0.15) is 5.10 Å². The van der Waals surface area contributed by atoms with E-state index in [1.165, 1.54) is 26.4 Å². The molecular formula is C17H24N4O2. The number of fused-ring (bicyclic) bond motifs is 1. The summed E-state index contributed by atoms with van der Waals surface area (Å²) >= 11 is 0. The molecule has 0 N–H and O–H groups in total. The number of rotatable bonds is 4. The predicted octanol–water partition coefficient (Wildman–Crippen LogP) is 2.32. The van der Waals surface area contributed by atoms with Crippen LogP contribution in [0.15, 0.2) is 18.2 Å². The molecule has 1 aliphatic rings. The SMILES string of the molecule is COC(=O)c1cccc2nc(CC3CCCCN3C(C)C)nn12. The third-order valence-electron chi connectivity index (χ3n) is 4.55. The molecule has 1 atom stereocenters. The molecule has 2 aromatic rings. The number of carbonyl (C=O) groups excluding carboxylic acids is 1. The van der Waals surface area contributed by atoms with Gasteiger partial charge in [-0.25, -0.2) is 14.3 Å². The Balaban J connectivity index is 1.87. The minimum absolute atomic E-state index is 0.395. The minimum atomic E-state index is -0.395. The number of aromatic nitrogens is 3. The van der Waals surface area contributed by atoms with Gasteiger partial charge in [-0.15, -0.1) is 0 Å². The molecule has 1 unspecified atom stereocenters. The Kier molecular flexibility index (Phi) is 4.61. The largest absolute Gasteiger partial charge is 0.464 e. The normalized spacial score (nSPS) is 19.4. The molecule has 1 fully saturated rings. The summed E-state index contributed by atoms with van der Waals surface area (Å²) in [6, 6.07) is 6.38. The van der Waals surface area contributed by atoms with Gasteiger partial charge in [-0.05, 0) is 45.4 Å². The van der Waals surface area contributed by atoms with E-state index in [1.54, 1.807) is 16.6 Å². The molecule has 0 bridgehead atoms. The number of pyridine rings is 1. The Labute approximate surface area is 136 Å². The number of ether oxygens (including phenoxy) is 1. The molecule has 124 valence electrons. The molecule has 1 saturated heterocycles. The summed E-state index contributed by atoms with van der Waals surface area (Å²) in [4.78, 5) is 19.0. The lowest BCUT2D eigenvalue weighted by Crippen LogP contribution is -2.45. The van der Waals surface area contributed by atoms with Crippen LogP contribution in [-0.2, 0) is 11.2 Å². The van der Waals surface area contributed by atoms with Gasteiger partial charge in [0.15, 0.2) is 17.2 Å². The maximum absolute atomic E-state index is 11.8. The molecule has 1 aliphatic heterocycles. The number of likely N-dealkylation sites (tertiary alicyclic amines) is 1. The van der Waals surface area contributed by atoms with Gasteiger partial charge in [-0.1, -0.05) is 12.5 Å². The Hall–Kier alpha value is -1.95. The molecule has 0 spiro atoms. The average molecular weight is 316 g/mol. The van der Waals surface area contributed by atoms with Crippen molar-refractivity contribution >= 4 is 11.6 Å². The second kappa shape index (κ2) is 6.66. The second-order valence-corrected chi connectivity index (χ2v) is 6.39. The molecule has 2 aromatic heterocycles. The lowest BCUT2D eigenvalue weighted by atomic mass is 9.97. The Morgan fingerprint density at radius 3 is 2.96 bits per heavy atom. The molecule has 0 saturated carbocycles. The van der Waals surface area contributed by atoms with E-state index in [2.05, 4.69) is 28.8 Å². The van der Waals surface area contributed by atoms with Crippen LogP contribution in [0.2, 0.25) is 0 Å². The highest BCUT2D eigenvalue weighted by Crippen LogP contribution is 2.22. The van der Waals surface area contributed by atoms with Crippen molar-refractivity contribution in [3.63, 3.8) is 0 Å². The molecular weight excluding hydrogens is 292 g/mol. The van der Waals surface area contributed by atoms with Crippen LogP contribution in [-0.4, -0.2) is 51.2 Å². The van der Waals surface area contributed by atoms with Gasteiger partial charge in [0.1, 0.15) is 0 Å². The Bertz CT molecular complexity index is 695. The highest BCUT2D eigenvalue weighted by molar-refractivity contribution is 5.88. The first kappa shape index (κ1) is 15.9. The second-order valence-electron chi connectivity index (χ2n) is 6.39. The summed E-state index contributed by atoms with van der Waals surface area (Å²) in [7, 11) is 1.38. The van der Waals surface area contributed by atoms with Crippen molar-refractivity contribution in [1.82, 2.24) is 19.5 Å². The zero-order valence-electron chi connectivity index (χ0n) is 14.0. The fraction of sp³-hybridized carbons (Fsp3) is 0.588. The summed E-state index contributed by atoms with van der Waals surface area (Å²) in [5, 5.41) is 4.55. The van der Waals surface area contributed by atoms with Gasteiger partial charge < -0.3 is 4.74 Å². The van der Waals surface area contributed by atoms with Gasteiger partial charge >= 0.3 is 5.97 Å². The highest BCUT2D eigenvalue weighted by atomic mass is 16.5. The van der Waals surface area contributed by atoms with Crippen molar-refractivity contribution in [2.24, 2.45) is 0 Å². The third-order valence-corrected chi connectivity index (χ3v) is 4.55. The smallest absolute Gasteiger partial charge is 0.356 e. The Morgan fingerprint density at radius 2 is 2.22 bits per heavy atom. The number of hydrogen-bond donors (Lipinski definition) is 0. The predicted molar refractivity (Wildman–Crippen MR) is 87.5 cm³/mol. The van der Waals surface area contributed by atoms with Gasteiger partial charge in [-0.3, -0.25) is 4.90 Å². The van der Waals surface area contributed by atoms with Gasteiger partial charge in [0, 0.05) is 18.5 Å². The first-order chi connectivity index (χ1) is 11.1. The highest BCUT2D eigenvalue weighted by Gasteiger charge is 2.26. The van der Waals surface area contributed by atoms with Gasteiger partial charge in [0.05, 0.1) is 7.11 Å². The first-order valence-electron chi connectivity index (χ1n) is 8.29. The maximum Gasteiger partial charge on any atom is 0.356 e. The maximum atomic E-state index is 11.8. The Morgan fingerprint density at radius 1 is 1.39 bits per heavy atom. The number of carbonyl (C=O) groups is 1. The van der Waals surface area contributed by atoms with Crippen LogP contribution in [0.4, 0.5) is 0 Å². The van der Waals surface area contributed by atoms with Crippen LogP contribution in [0.5, 0.6) is 0 Å². The molecule has 23 heavy (non-hydrogen) atoms. The molecule has 0 amide bonds. The van der Waals surface area contributed by atoms with E-state index < -0.39 is 5.97 Å². The van der Waals surface area contributed by atoms with Crippen molar-refractivity contribution < 1.29 is 9.53 Å². The van der Waals surface area contributed by atoms with E-state index in [-0.39, 0.29) is 0 Å². The molecule has 0 aromatic carbocycles. The van der Waals surface area contributed by atoms with Crippen LogP contribution in [0.3, 0.4) is 0 Å². The van der Waals surface area contributed by atoms with E-state index in [0.29, 0.717) is 23.4 Å². The topological polar surface area (TPSA) is 59.7 Å². The zero-order valence-corrected chi connectivity index (χ0v) is 14.0. The number of piperidine rings is 1. The molecule has 6 heteroatoms. The van der Waals surface area contributed by atoms with Crippen LogP contribution in [0.25, 0.3) is 5.65 Å². The summed E-state index contributed by atoms with van der Waals surface area (Å²) in [5.74, 6) is 0.396. The van der Waals surface area contributed by atoms with Crippen LogP contribution >= 0.6 is 0 Å². The molecule has 3 heterocycles. The summed E-state index contributed by atoms with van der Waals surface area (Å²) in [5.41, 5.74) is 1.10. The van der Waals surface area contributed by atoms with E-state index in [9.17, 15) is 4.79 Å². The monoisotopic (exact) mass is 316 g/mol. The van der Waals surface area contributed by atoms with E-state index in [0.717, 1.165) is 18.8 Å². The zero-order chi connectivity index (χ0) is 16.4. The fourth-order valence-corrected chi connectivity index (χ4v) is 3.43. The van der Waals surface area contributed by atoms with E-state index in [1.807, 2.05) is 6.07 Å². The van der Waals surface area contributed by atoms with Crippen LogP contribution in [0, 0.1) is 0 Å². The fourth-order valence-electron chi connectivity index (χ4n) is 3.43. The van der Waals surface area contributed by atoms with Crippen molar-refractivity contribution in [3.8, 4) is 0 Å². The van der Waals surface area contributed by atoms with E-state index in [4.69, 9.17) is 4.74 Å². The number of hydrogen-bond acceptors (Lipinski definition) is 5. The van der Waals surface area contributed by atoms with Gasteiger partial charge in [0.25, 0.3) is 0 Å². The first-order valence-corrected chi connectivity index (χ1v) is 8.29. The molecule has 0 aliphatic carbocycles. The lowest BCUT2D eigenvalue weighted by molar-refractivity contribution is 0.0591. The average Bonchev–Trinajstić information content (AvgIpc) is 2.96.